The van der Waals surface area contributed by atoms with Crippen molar-refractivity contribution in [3.05, 3.63) is 105 Å². The first kappa shape index (κ1) is 30.2. The van der Waals surface area contributed by atoms with Gasteiger partial charge in [-0.2, -0.15) is 14.6 Å². The fourth-order valence-electron chi connectivity index (χ4n) is 4.92. The minimum absolute atomic E-state index is 0.196. The van der Waals surface area contributed by atoms with Gasteiger partial charge < -0.3 is 9.47 Å². The summed E-state index contributed by atoms with van der Waals surface area (Å²) in [6, 6.07) is 22.0. The lowest BCUT2D eigenvalue weighted by Crippen LogP contribution is -2.23. The highest BCUT2D eigenvalue weighted by molar-refractivity contribution is 7.15. The molecule has 0 fully saturated rings. The Bertz CT molecular complexity index is 2000. The van der Waals surface area contributed by atoms with E-state index in [-0.39, 0.29) is 11.3 Å². The van der Waals surface area contributed by atoms with Crippen LogP contribution in [-0.4, -0.2) is 37.6 Å². The van der Waals surface area contributed by atoms with Crippen LogP contribution in [-0.2, 0) is 0 Å². The molecule has 0 unspecified atom stereocenters. The largest absolute Gasteiger partial charge is 0.494 e. The van der Waals surface area contributed by atoms with Crippen molar-refractivity contribution >= 4 is 22.4 Å². The summed E-state index contributed by atoms with van der Waals surface area (Å²) < 4.78 is 29.8. The molecule has 0 aliphatic heterocycles. The minimum atomic E-state index is -0.469. The van der Waals surface area contributed by atoms with Crippen molar-refractivity contribution in [2.24, 2.45) is 0 Å². The van der Waals surface area contributed by atoms with E-state index in [1.54, 1.807) is 22.9 Å². The van der Waals surface area contributed by atoms with Crippen LogP contribution in [0.1, 0.15) is 51.5 Å². The second-order valence-electron chi connectivity index (χ2n) is 10.7. The lowest BCUT2D eigenvalue weighted by atomic mass is 10.1. The summed E-state index contributed by atoms with van der Waals surface area (Å²) in [6.07, 6.45) is 8.98. The smallest absolute Gasteiger partial charge is 0.291 e. The van der Waals surface area contributed by atoms with Crippen LogP contribution in [0.15, 0.2) is 83.8 Å². The molecule has 0 bridgehead atoms. The maximum absolute atomic E-state index is 15.0. The number of fused-ring (bicyclic) bond motifs is 1. The van der Waals surface area contributed by atoms with Crippen LogP contribution in [0.4, 0.5) is 4.39 Å². The normalized spacial score (nSPS) is 11.8. The highest BCUT2D eigenvalue weighted by atomic mass is 32.1. The van der Waals surface area contributed by atoms with E-state index in [4.69, 9.17) is 14.6 Å². The molecule has 3 aromatic heterocycles. The number of hydrogen-bond donors (Lipinski definition) is 0. The number of ether oxygens (including phenoxy) is 2. The van der Waals surface area contributed by atoms with E-state index >= 15 is 0 Å². The van der Waals surface area contributed by atoms with Crippen LogP contribution >= 0.6 is 11.3 Å². The molecular weight excluding hydrogens is 589 g/mol. The molecule has 6 rings (SSSR count). The van der Waals surface area contributed by atoms with E-state index in [2.05, 4.69) is 17.0 Å². The van der Waals surface area contributed by atoms with Crippen molar-refractivity contribution in [3.8, 4) is 39.8 Å². The number of halogens is 1. The van der Waals surface area contributed by atoms with Gasteiger partial charge in [-0.25, -0.2) is 9.07 Å². The molecule has 0 spiro atoms. The summed E-state index contributed by atoms with van der Waals surface area (Å²) in [5.74, 6) is 0.996. The SMILES string of the molecule is CCCCCCOc1ccc(-c2nc3s/c(=C\c4cn(-c5ccccc5)nc4-c4ccc(OCCC)c(F)c4)c(=O)n3n2)cc1. The van der Waals surface area contributed by atoms with E-state index in [0.717, 1.165) is 36.3 Å². The lowest BCUT2D eigenvalue weighted by molar-refractivity contribution is 0.301. The highest BCUT2D eigenvalue weighted by Crippen LogP contribution is 2.29. The standard InChI is InChI=1S/C35H34FN5O3S/c1-3-5-6-10-20-43-28-16-13-24(14-17-28)33-37-35-41(39-33)34(42)31(45-35)22-26-23-40(27-11-8-7-9-12-27)38-32(26)25-15-18-30(29(36)21-25)44-19-4-2/h7-9,11-18,21-23H,3-6,10,19-20H2,1-2H3/b31-22-. The highest BCUT2D eigenvalue weighted by Gasteiger charge is 2.16. The van der Waals surface area contributed by atoms with E-state index in [9.17, 15) is 9.18 Å². The van der Waals surface area contributed by atoms with Gasteiger partial charge in [0, 0.05) is 22.9 Å². The lowest BCUT2D eigenvalue weighted by Gasteiger charge is -2.07. The van der Waals surface area contributed by atoms with Crippen LogP contribution in [0.5, 0.6) is 11.5 Å². The summed E-state index contributed by atoms with van der Waals surface area (Å²) in [7, 11) is 0. The Kier molecular flexibility index (Phi) is 9.30. The number of nitrogens with zero attached hydrogens (tertiary/aromatic N) is 5. The van der Waals surface area contributed by atoms with Gasteiger partial charge in [-0.1, -0.05) is 62.6 Å². The van der Waals surface area contributed by atoms with Crippen molar-refractivity contribution in [2.45, 2.75) is 46.0 Å². The molecule has 45 heavy (non-hydrogen) atoms. The number of thiazole rings is 1. The molecule has 0 amide bonds. The van der Waals surface area contributed by atoms with Gasteiger partial charge in [0.15, 0.2) is 17.4 Å². The van der Waals surface area contributed by atoms with Crippen molar-refractivity contribution < 1.29 is 13.9 Å². The quantitative estimate of drug-likeness (QED) is 0.128. The fourth-order valence-corrected chi connectivity index (χ4v) is 5.82. The van der Waals surface area contributed by atoms with E-state index in [1.165, 1.54) is 34.8 Å². The van der Waals surface area contributed by atoms with Crippen LogP contribution in [0, 0.1) is 5.82 Å². The Morgan fingerprint density at radius 1 is 0.867 bits per heavy atom. The molecule has 6 aromatic rings. The molecule has 0 aliphatic carbocycles. The van der Waals surface area contributed by atoms with Gasteiger partial charge >= 0.3 is 0 Å². The number of aromatic nitrogens is 5. The van der Waals surface area contributed by atoms with E-state index in [0.29, 0.717) is 45.4 Å². The van der Waals surface area contributed by atoms with Crippen LogP contribution in [0.25, 0.3) is 39.4 Å². The molecule has 0 saturated heterocycles. The Labute approximate surface area is 264 Å². The van der Waals surface area contributed by atoms with Gasteiger partial charge in [-0.05, 0) is 73.5 Å². The van der Waals surface area contributed by atoms with E-state index < -0.39 is 5.82 Å². The zero-order valence-corrected chi connectivity index (χ0v) is 26.1. The zero-order valence-electron chi connectivity index (χ0n) is 25.3. The molecular formula is C35H34FN5O3S. The molecule has 0 saturated carbocycles. The third-order valence-corrected chi connectivity index (χ3v) is 8.24. The maximum atomic E-state index is 15.0. The average molecular weight is 624 g/mol. The summed E-state index contributed by atoms with van der Waals surface area (Å²) in [5, 5.41) is 9.28. The molecule has 10 heteroatoms. The molecule has 0 radical (unpaired) electrons. The van der Waals surface area contributed by atoms with Gasteiger partial charge in [0.05, 0.1) is 23.4 Å². The average Bonchev–Trinajstić information content (AvgIpc) is 3.76. The number of para-hydroxylation sites is 1. The van der Waals surface area contributed by atoms with Gasteiger partial charge in [-0.15, -0.1) is 5.10 Å². The third kappa shape index (κ3) is 6.81. The molecule has 0 atom stereocenters. The Balaban J connectivity index is 1.31. The van der Waals surface area contributed by atoms with Gasteiger partial charge in [0.2, 0.25) is 4.96 Å². The van der Waals surface area contributed by atoms with E-state index in [1.807, 2.05) is 67.7 Å². The number of rotatable bonds is 13. The molecule has 3 heterocycles. The zero-order chi connectivity index (χ0) is 31.2. The van der Waals surface area contributed by atoms with Gasteiger partial charge in [-0.3, -0.25) is 4.79 Å². The van der Waals surface area contributed by atoms with Crippen LogP contribution in [0.3, 0.4) is 0 Å². The Hall–Kier alpha value is -4.83. The predicted molar refractivity (Wildman–Crippen MR) is 176 cm³/mol. The predicted octanol–water partition coefficient (Wildman–Crippen LogP) is 7.11. The van der Waals surface area contributed by atoms with Crippen molar-refractivity contribution in [1.82, 2.24) is 24.4 Å². The topological polar surface area (TPSA) is 83.5 Å². The van der Waals surface area contributed by atoms with Crippen molar-refractivity contribution in [2.75, 3.05) is 13.2 Å². The van der Waals surface area contributed by atoms with Crippen LogP contribution in [0.2, 0.25) is 0 Å². The van der Waals surface area contributed by atoms with Crippen molar-refractivity contribution in [3.63, 3.8) is 0 Å². The molecule has 3 aromatic carbocycles. The first-order chi connectivity index (χ1) is 22.0. The Morgan fingerprint density at radius 3 is 2.40 bits per heavy atom. The molecule has 8 nitrogen and oxygen atoms in total. The monoisotopic (exact) mass is 623 g/mol. The van der Waals surface area contributed by atoms with Crippen molar-refractivity contribution in [1.29, 1.82) is 0 Å². The fraction of sp³-hybridized carbons (Fsp3) is 0.257. The Morgan fingerprint density at radius 2 is 1.67 bits per heavy atom. The molecule has 0 N–H and O–H groups in total. The summed E-state index contributed by atoms with van der Waals surface area (Å²) in [4.78, 5) is 18.6. The van der Waals surface area contributed by atoms with Gasteiger partial charge in [0.1, 0.15) is 11.4 Å². The summed E-state index contributed by atoms with van der Waals surface area (Å²) in [5.41, 5.74) is 3.12. The number of benzene rings is 3. The van der Waals surface area contributed by atoms with Gasteiger partial charge in [0.25, 0.3) is 5.56 Å². The maximum Gasteiger partial charge on any atom is 0.291 e. The first-order valence-corrected chi connectivity index (χ1v) is 16.1. The minimum Gasteiger partial charge on any atom is -0.494 e. The number of hydrogen-bond acceptors (Lipinski definition) is 7. The molecule has 230 valence electrons. The summed E-state index contributed by atoms with van der Waals surface area (Å²) >= 11 is 1.24. The first-order valence-electron chi connectivity index (χ1n) is 15.3. The third-order valence-electron chi connectivity index (χ3n) is 7.28. The summed E-state index contributed by atoms with van der Waals surface area (Å²) in [6.45, 7) is 5.28. The second kappa shape index (κ2) is 13.9. The number of unbranched alkanes of at least 4 members (excludes halogenated alkanes) is 3. The van der Waals surface area contributed by atoms with Crippen LogP contribution < -0.4 is 19.6 Å². The second-order valence-corrected chi connectivity index (χ2v) is 11.7. The molecule has 0 aliphatic rings.